The van der Waals surface area contributed by atoms with Crippen LogP contribution in [0.1, 0.15) is 17.0 Å². The molecule has 2 heterocycles. The van der Waals surface area contributed by atoms with Crippen molar-refractivity contribution in [2.45, 2.75) is 20.8 Å². The number of aryl methyl sites for hydroxylation is 3. The predicted octanol–water partition coefficient (Wildman–Crippen LogP) is 6.56. The molecule has 4 aromatic rings. The normalized spacial score (nSPS) is 10.6. The van der Waals surface area contributed by atoms with Crippen LogP contribution in [-0.2, 0) is 0 Å². The van der Waals surface area contributed by atoms with Crippen LogP contribution in [0.4, 0.5) is 39.4 Å². The average molecular weight is 497 g/mol. The van der Waals surface area contributed by atoms with Gasteiger partial charge in [0.2, 0.25) is 5.95 Å². The van der Waals surface area contributed by atoms with Gasteiger partial charge < -0.3 is 21.3 Å². The minimum atomic E-state index is -0.398. The summed E-state index contributed by atoms with van der Waals surface area (Å²) in [5.41, 5.74) is 4.61. The number of nitrogens with one attached hydrogen (secondary N) is 5. The Balaban J connectivity index is 1.43. The molecule has 0 aliphatic heterocycles. The second-order valence-electron chi connectivity index (χ2n) is 7.64. The number of aromatic nitrogens is 4. The van der Waals surface area contributed by atoms with Crippen molar-refractivity contribution in [3.63, 3.8) is 0 Å². The Hall–Kier alpha value is -3.82. The highest BCUT2D eigenvalue weighted by Gasteiger charge is 2.09. The van der Waals surface area contributed by atoms with Gasteiger partial charge in [-0.05, 0) is 62.7 Å². The molecule has 0 saturated heterocycles. The molecule has 2 aromatic carbocycles. The first kappa shape index (κ1) is 23.3. The lowest BCUT2D eigenvalue weighted by Crippen LogP contribution is -2.19. The Morgan fingerprint density at radius 1 is 0.824 bits per heavy atom. The van der Waals surface area contributed by atoms with E-state index < -0.39 is 6.03 Å². The lowest BCUT2D eigenvalue weighted by Gasteiger charge is -2.13. The van der Waals surface area contributed by atoms with Crippen LogP contribution >= 0.6 is 23.2 Å². The summed E-state index contributed by atoms with van der Waals surface area (Å²) in [6.45, 7) is 5.74. The molecule has 174 valence electrons. The maximum absolute atomic E-state index is 12.3. The summed E-state index contributed by atoms with van der Waals surface area (Å²) in [4.78, 5) is 21.3. The Labute approximate surface area is 206 Å². The number of halogens is 2. The fraction of sp³-hybridized carbons (Fsp3) is 0.130. The molecule has 0 unspecified atom stereocenters. The molecule has 0 fully saturated rings. The molecule has 2 aromatic heterocycles. The van der Waals surface area contributed by atoms with E-state index in [1.807, 2.05) is 45.0 Å². The lowest BCUT2D eigenvalue weighted by atomic mass is 10.2. The number of hydrogen-bond acceptors (Lipinski definition) is 6. The van der Waals surface area contributed by atoms with E-state index in [2.05, 4.69) is 41.4 Å². The molecular weight excluding hydrogens is 475 g/mol. The summed E-state index contributed by atoms with van der Waals surface area (Å²) in [6.07, 6.45) is 0. The van der Waals surface area contributed by atoms with Crippen molar-refractivity contribution in [2.75, 3.05) is 21.3 Å². The number of urea groups is 1. The quantitative estimate of drug-likeness (QED) is 0.206. The number of anilines is 6. The van der Waals surface area contributed by atoms with Gasteiger partial charge in [-0.15, -0.1) is 0 Å². The molecule has 2 amide bonds. The number of nitrogens with zero attached hydrogens (tertiary/aromatic N) is 3. The van der Waals surface area contributed by atoms with Crippen LogP contribution in [0.15, 0.2) is 48.5 Å². The van der Waals surface area contributed by atoms with Crippen LogP contribution in [-0.4, -0.2) is 26.2 Å². The maximum Gasteiger partial charge on any atom is 0.323 e. The topological polar surface area (TPSA) is 120 Å². The summed E-state index contributed by atoms with van der Waals surface area (Å²) in [5, 5.41) is 19.7. The minimum absolute atomic E-state index is 0.363. The molecule has 9 nitrogen and oxygen atoms in total. The Morgan fingerprint density at radius 3 is 2.24 bits per heavy atom. The molecule has 5 N–H and O–H groups in total. The van der Waals surface area contributed by atoms with Crippen LogP contribution in [0.5, 0.6) is 0 Å². The summed E-state index contributed by atoms with van der Waals surface area (Å²) in [6, 6.07) is 13.7. The number of aromatic amines is 1. The van der Waals surface area contributed by atoms with E-state index in [0.29, 0.717) is 39.0 Å². The zero-order chi connectivity index (χ0) is 24.2. The summed E-state index contributed by atoms with van der Waals surface area (Å²) in [5.74, 6) is 1.74. The Kier molecular flexibility index (Phi) is 6.85. The summed E-state index contributed by atoms with van der Waals surface area (Å²) < 4.78 is 0. The Bertz CT molecular complexity index is 1350. The number of carbonyl (C=O) groups excluding carboxylic acids is 1. The second kappa shape index (κ2) is 9.98. The van der Waals surface area contributed by atoms with Crippen molar-refractivity contribution in [1.82, 2.24) is 20.2 Å². The van der Waals surface area contributed by atoms with E-state index >= 15 is 0 Å². The Morgan fingerprint density at radius 2 is 1.56 bits per heavy atom. The molecule has 34 heavy (non-hydrogen) atoms. The van der Waals surface area contributed by atoms with Crippen LogP contribution < -0.4 is 21.3 Å². The van der Waals surface area contributed by atoms with E-state index in [1.165, 1.54) is 0 Å². The van der Waals surface area contributed by atoms with Crippen LogP contribution in [0.3, 0.4) is 0 Å². The highest BCUT2D eigenvalue weighted by molar-refractivity contribution is 6.42. The number of rotatable bonds is 6. The van der Waals surface area contributed by atoms with E-state index in [4.69, 9.17) is 23.2 Å². The molecule has 0 aliphatic rings. The van der Waals surface area contributed by atoms with Gasteiger partial charge in [0.1, 0.15) is 5.82 Å². The fourth-order valence-corrected chi connectivity index (χ4v) is 3.47. The standard InChI is InChI=1S/C23H22Cl2N8O/c1-12-8-15(27-23(34)28-16-4-6-17(24)18(25)11-16)5-7-19(12)29-22-26-13(2)9-20(31-22)30-21-10-14(3)32-33-21/h4-11H,1-3H3,(H2,27,28,34)(H3,26,29,30,31,32,33). The van der Waals surface area contributed by atoms with Crippen molar-refractivity contribution in [2.24, 2.45) is 0 Å². The van der Waals surface area contributed by atoms with Crippen LogP contribution in [0.2, 0.25) is 10.0 Å². The first-order chi connectivity index (χ1) is 16.2. The summed E-state index contributed by atoms with van der Waals surface area (Å²) >= 11 is 11.9. The number of amides is 2. The van der Waals surface area contributed by atoms with Gasteiger partial charge >= 0.3 is 6.03 Å². The van der Waals surface area contributed by atoms with Crippen molar-refractivity contribution >= 4 is 63.9 Å². The molecule has 11 heteroatoms. The van der Waals surface area contributed by atoms with Gasteiger partial charge in [0, 0.05) is 40.6 Å². The number of carbonyl (C=O) groups is 1. The third-order valence-electron chi connectivity index (χ3n) is 4.72. The van der Waals surface area contributed by atoms with Crippen molar-refractivity contribution in [1.29, 1.82) is 0 Å². The van der Waals surface area contributed by atoms with Gasteiger partial charge in [-0.1, -0.05) is 23.2 Å². The minimum Gasteiger partial charge on any atom is -0.324 e. The second-order valence-corrected chi connectivity index (χ2v) is 8.46. The zero-order valence-corrected chi connectivity index (χ0v) is 20.1. The van der Waals surface area contributed by atoms with Crippen LogP contribution in [0.25, 0.3) is 0 Å². The van der Waals surface area contributed by atoms with Gasteiger partial charge in [0.05, 0.1) is 10.0 Å². The predicted molar refractivity (Wildman–Crippen MR) is 137 cm³/mol. The van der Waals surface area contributed by atoms with Crippen molar-refractivity contribution in [3.8, 4) is 0 Å². The fourth-order valence-electron chi connectivity index (χ4n) is 3.17. The summed E-state index contributed by atoms with van der Waals surface area (Å²) in [7, 11) is 0. The van der Waals surface area contributed by atoms with Gasteiger partial charge in [-0.3, -0.25) is 5.10 Å². The smallest absolute Gasteiger partial charge is 0.323 e. The highest BCUT2D eigenvalue weighted by Crippen LogP contribution is 2.26. The zero-order valence-electron chi connectivity index (χ0n) is 18.6. The third kappa shape index (κ3) is 5.94. The number of H-pyrrole nitrogens is 1. The van der Waals surface area contributed by atoms with Gasteiger partial charge in [0.15, 0.2) is 5.82 Å². The van der Waals surface area contributed by atoms with E-state index in [0.717, 1.165) is 22.6 Å². The molecule has 0 bridgehead atoms. The molecule has 4 rings (SSSR count). The lowest BCUT2D eigenvalue weighted by molar-refractivity contribution is 0.262. The number of benzene rings is 2. The van der Waals surface area contributed by atoms with E-state index in [9.17, 15) is 4.79 Å². The van der Waals surface area contributed by atoms with Gasteiger partial charge in [-0.25, -0.2) is 9.78 Å². The van der Waals surface area contributed by atoms with E-state index in [1.54, 1.807) is 24.3 Å². The SMILES string of the molecule is Cc1cc(Nc2cc(C)[nH]n2)nc(Nc2ccc(NC(=O)Nc3ccc(Cl)c(Cl)c3)cc2C)n1. The first-order valence-electron chi connectivity index (χ1n) is 10.3. The molecule has 0 aliphatic carbocycles. The number of hydrogen-bond donors (Lipinski definition) is 5. The average Bonchev–Trinajstić information content (AvgIpc) is 3.17. The first-order valence-corrected chi connectivity index (χ1v) is 11.1. The van der Waals surface area contributed by atoms with Crippen LogP contribution in [0, 0.1) is 20.8 Å². The maximum atomic E-state index is 12.3. The molecular formula is C23H22Cl2N8O. The molecule has 0 atom stereocenters. The van der Waals surface area contributed by atoms with Gasteiger partial charge in [0.25, 0.3) is 0 Å². The molecule has 0 saturated carbocycles. The van der Waals surface area contributed by atoms with Crippen molar-refractivity contribution < 1.29 is 4.79 Å². The van der Waals surface area contributed by atoms with Crippen molar-refractivity contribution in [3.05, 3.63) is 75.5 Å². The van der Waals surface area contributed by atoms with E-state index in [-0.39, 0.29) is 0 Å². The largest absolute Gasteiger partial charge is 0.324 e. The monoisotopic (exact) mass is 496 g/mol. The highest BCUT2D eigenvalue weighted by atomic mass is 35.5. The molecule has 0 radical (unpaired) electrons. The third-order valence-corrected chi connectivity index (χ3v) is 5.46. The van der Waals surface area contributed by atoms with Gasteiger partial charge in [-0.2, -0.15) is 10.1 Å². The molecule has 0 spiro atoms.